The zero-order chi connectivity index (χ0) is 15.5. The fourth-order valence-electron chi connectivity index (χ4n) is 3.21. The third-order valence-electron chi connectivity index (χ3n) is 4.37. The molecule has 0 aliphatic carbocycles. The van der Waals surface area contributed by atoms with Gasteiger partial charge in [0, 0.05) is 25.8 Å². The van der Waals surface area contributed by atoms with Crippen LogP contribution in [0.4, 0.5) is 4.39 Å². The molecule has 0 saturated carbocycles. The first-order valence-corrected chi connectivity index (χ1v) is 7.76. The Bertz CT molecular complexity index is 628. The smallest absolute Gasteiger partial charge is 0.126 e. The van der Waals surface area contributed by atoms with Crippen molar-refractivity contribution in [3.63, 3.8) is 0 Å². The molecule has 4 nitrogen and oxygen atoms in total. The number of aryl methyl sites for hydroxylation is 1. The normalized spacial score (nSPS) is 22.9. The summed E-state index contributed by atoms with van der Waals surface area (Å²) in [7, 11) is 1.94. The van der Waals surface area contributed by atoms with Crippen molar-refractivity contribution >= 4 is 0 Å². The number of benzene rings is 1. The summed E-state index contributed by atoms with van der Waals surface area (Å²) in [5.41, 5.74) is 1.65. The van der Waals surface area contributed by atoms with Crippen LogP contribution in [0.2, 0.25) is 0 Å². The molecule has 1 aromatic heterocycles. The highest BCUT2D eigenvalue weighted by atomic mass is 19.1. The van der Waals surface area contributed by atoms with E-state index in [0.717, 1.165) is 25.1 Å². The Morgan fingerprint density at radius 2 is 2.18 bits per heavy atom. The number of halogens is 1. The van der Waals surface area contributed by atoms with Crippen molar-refractivity contribution in [3.05, 3.63) is 53.9 Å². The van der Waals surface area contributed by atoms with E-state index in [0.29, 0.717) is 18.5 Å². The van der Waals surface area contributed by atoms with Crippen LogP contribution in [0.1, 0.15) is 24.1 Å². The molecular weight excluding hydrogens is 281 g/mol. The van der Waals surface area contributed by atoms with Crippen LogP contribution in [0.25, 0.3) is 0 Å². The van der Waals surface area contributed by atoms with Gasteiger partial charge in [-0.3, -0.25) is 4.90 Å². The van der Waals surface area contributed by atoms with Gasteiger partial charge in [-0.25, -0.2) is 9.37 Å². The van der Waals surface area contributed by atoms with Crippen LogP contribution in [0.15, 0.2) is 36.8 Å². The minimum atomic E-state index is -0.419. The first-order valence-electron chi connectivity index (χ1n) is 7.76. The largest absolute Gasteiger partial charge is 0.391 e. The van der Waals surface area contributed by atoms with Gasteiger partial charge in [0.05, 0.1) is 18.1 Å². The van der Waals surface area contributed by atoms with E-state index in [9.17, 15) is 9.50 Å². The van der Waals surface area contributed by atoms with Crippen LogP contribution in [0.5, 0.6) is 0 Å². The second-order valence-corrected chi connectivity index (χ2v) is 6.07. The summed E-state index contributed by atoms with van der Waals surface area (Å²) in [4.78, 5) is 6.58. The van der Waals surface area contributed by atoms with E-state index >= 15 is 0 Å². The van der Waals surface area contributed by atoms with E-state index in [1.807, 2.05) is 23.9 Å². The summed E-state index contributed by atoms with van der Waals surface area (Å²) in [6, 6.07) is 6.76. The van der Waals surface area contributed by atoms with E-state index in [1.54, 1.807) is 18.5 Å². The van der Waals surface area contributed by atoms with Gasteiger partial charge in [-0.05, 0) is 37.4 Å². The number of hydrogen-bond donors (Lipinski definition) is 1. The van der Waals surface area contributed by atoms with Gasteiger partial charge in [-0.1, -0.05) is 18.2 Å². The zero-order valence-electron chi connectivity index (χ0n) is 12.8. The third-order valence-corrected chi connectivity index (χ3v) is 4.37. The first kappa shape index (κ1) is 15.2. The minimum Gasteiger partial charge on any atom is -0.391 e. The highest BCUT2D eigenvalue weighted by Gasteiger charge is 2.31. The van der Waals surface area contributed by atoms with Gasteiger partial charge >= 0.3 is 0 Å². The summed E-state index contributed by atoms with van der Waals surface area (Å²) in [6.45, 7) is 1.60. The van der Waals surface area contributed by atoms with E-state index in [-0.39, 0.29) is 11.9 Å². The predicted octanol–water partition coefficient (Wildman–Crippen LogP) is 2.13. The fraction of sp³-hybridized carbons (Fsp3) is 0.471. The molecule has 0 spiro atoms. The second-order valence-electron chi connectivity index (χ2n) is 6.07. The van der Waals surface area contributed by atoms with Crippen molar-refractivity contribution in [1.82, 2.24) is 14.5 Å². The molecule has 0 unspecified atom stereocenters. The highest BCUT2D eigenvalue weighted by Crippen LogP contribution is 2.24. The van der Waals surface area contributed by atoms with Gasteiger partial charge < -0.3 is 9.67 Å². The van der Waals surface area contributed by atoms with E-state index < -0.39 is 6.10 Å². The number of likely N-dealkylation sites (tertiary alicyclic amines) is 1. The van der Waals surface area contributed by atoms with Crippen LogP contribution in [-0.2, 0) is 20.0 Å². The van der Waals surface area contributed by atoms with Crippen LogP contribution >= 0.6 is 0 Å². The lowest BCUT2D eigenvalue weighted by Gasteiger charge is -2.39. The van der Waals surface area contributed by atoms with Crippen molar-refractivity contribution in [2.45, 2.75) is 38.0 Å². The molecule has 2 atom stereocenters. The Kier molecular flexibility index (Phi) is 4.55. The molecular formula is C17H22FN3O. The van der Waals surface area contributed by atoms with Crippen molar-refractivity contribution in [2.24, 2.45) is 7.05 Å². The van der Waals surface area contributed by atoms with Gasteiger partial charge in [-0.2, -0.15) is 0 Å². The standard InChI is InChI=1S/C17H22FN3O/c1-20-10-14(19-12-20)11-21-8-4-7-17(22)16(21)9-13-5-2-3-6-15(13)18/h2-3,5-6,10,12,16-17,22H,4,7-9,11H2,1H3/t16-,17-/m0/s1. The van der Waals surface area contributed by atoms with Gasteiger partial charge in [-0.15, -0.1) is 0 Å². The Hall–Kier alpha value is -1.72. The monoisotopic (exact) mass is 303 g/mol. The Morgan fingerprint density at radius 3 is 2.91 bits per heavy atom. The average Bonchev–Trinajstić information content (AvgIpc) is 2.90. The number of aliphatic hydroxyl groups is 1. The zero-order valence-corrected chi connectivity index (χ0v) is 12.8. The van der Waals surface area contributed by atoms with Crippen LogP contribution < -0.4 is 0 Å². The molecule has 1 N–H and O–H groups in total. The van der Waals surface area contributed by atoms with Crippen molar-refractivity contribution < 1.29 is 9.50 Å². The van der Waals surface area contributed by atoms with Crippen LogP contribution in [0.3, 0.4) is 0 Å². The summed E-state index contributed by atoms with van der Waals surface area (Å²) in [5, 5.41) is 10.4. The van der Waals surface area contributed by atoms with Gasteiger partial charge in [0.2, 0.25) is 0 Å². The molecule has 1 aromatic carbocycles. The Morgan fingerprint density at radius 1 is 1.36 bits per heavy atom. The lowest BCUT2D eigenvalue weighted by Crippen LogP contribution is -2.49. The Labute approximate surface area is 130 Å². The van der Waals surface area contributed by atoms with Crippen molar-refractivity contribution in [1.29, 1.82) is 0 Å². The predicted molar refractivity (Wildman–Crippen MR) is 82.8 cm³/mol. The van der Waals surface area contributed by atoms with Crippen molar-refractivity contribution in [2.75, 3.05) is 6.54 Å². The van der Waals surface area contributed by atoms with Crippen LogP contribution in [-0.4, -0.2) is 38.2 Å². The summed E-state index contributed by atoms with van der Waals surface area (Å²) in [5.74, 6) is -0.196. The summed E-state index contributed by atoms with van der Waals surface area (Å²) >= 11 is 0. The molecule has 1 fully saturated rings. The van der Waals surface area contributed by atoms with E-state index in [1.165, 1.54) is 6.07 Å². The SMILES string of the molecule is Cn1cnc(CN2CCC[C@H](O)[C@@H]2Cc2ccccc2F)c1. The maximum absolute atomic E-state index is 13.9. The number of aliphatic hydroxyl groups excluding tert-OH is 1. The highest BCUT2D eigenvalue weighted by molar-refractivity contribution is 5.19. The third kappa shape index (κ3) is 3.36. The molecule has 0 radical (unpaired) electrons. The molecule has 0 bridgehead atoms. The fourth-order valence-corrected chi connectivity index (χ4v) is 3.21. The molecule has 3 rings (SSSR count). The number of imidazole rings is 1. The molecule has 0 amide bonds. The topological polar surface area (TPSA) is 41.3 Å². The molecule has 2 heterocycles. The molecule has 1 aliphatic rings. The molecule has 2 aromatic rings. The molecule has 5 heteroatoms. The number of rotatable bonds is 4. The number of hydrogen-bond acceptors (Lipinski definition) is 3. The molecule has 22 heavy (non-hydrogen) atoms. The first-order chi connectivity index (χ1) is 10.6. The Balaban J connectivity index is 1.76. The van der Waals surface area contributed by atoms with Gasteiger partial charge in [0.15, 0.2) is 0 Å². The summed E-state index contributed by atoms with van der Waals surface area (Å²) < 4.78 is 15.8. The number of nitrogens with zero attached hydrogens (tertiary/aromatic N) is 3. The maximum atomic E-state index is 13.9. The average molecular weight is 303 g/mol. The van der Waals surface area contributed by atoms with E-state index in [4.69, 9.17) is 0 Å². The maximum Gasteiger partial charge on any atom is 0.126 e. The number of piperidine rings is 1. The second kappa shape index (κ2) is 6.58. The van der Waals surface area contributed by atoms with Crippen molar-refractivity contribution in [3.8, 4) is 0 Å². The van der Waals surface area contributed by atoms with E-state index in [2.05, 4.69) is 9.88 Å². The van der Waals surface area contributed by atoms with Gasteiger partial charge in [0.25, 0.3) is 0 Å². The lowest BCUT2D eigenvalue weighted by molar-refractivity contribution is 0.00586. The van der Waals surface area contributed by atoms with Crippen LogP contribution in [0, 0.1) is 5.82 Å². The molecule has 1 aliphatic heterocycles. The molecule has 118 valence electrons. The lowest BCUT2D eigenvalue weighted by atomic mass is 9.92. The summed E-state index contributed by atoms with van der Waals surface area (Å²) in [6.07, 6.45) is 5.61. The number of aromatic nitrogens is 2. The molecule has 1 saturated heterocycles. The van der Waals surface area contributed by atoms with Gasteiger partial charge in [0.1, 0.15) is 5.82 Å². The quantitative estimate of drug-likeness (QED) is 0.941. The minimum absolute atomic E-state index is 0.0624.